The van der Waals surface area contributed by atoms with Crippen LogP contribution in [0, 0.1) is 11.3 Å². The fourth-order valence-corrected chi connectivity index (χ4v) is 0.908. The van der Waals surface area contributed by atoms with Gasteiger partial charge in [-0.25, -0.2) is 4.98 Å². The molecule has 0 amide bonds. The average molecular weight is 161 g/mol. The Morgan fingerprint density at radius 3 is 2.67 bits per heavy atom. The average Bonchev–Trinajstić information content (AvgIpc) is 2.04. The van der Waals surface area contributed by atoms with Gasteiger partial charge in [-0.2, -0.15) is 5.26 Å². The Kier molecular flexibility index (Phi) is 2.29. The standard InChI is InChI=1S/C9H11N3/c1-6(2)7-3-8(11)9(4-10)12-5-7/h3,5-6H,11H2,1-2H3. The van der Waals surface area contributed by atoms with E-state index in [1.165, 1.54) is 0 Å². The number of anilines is 1. The summed E-state index contributed by atoms with van der Waals surface area (Å²) in [7, 11) is 0. The Morgan fingerprint density at radius 1 is 1.58 bits per heavy atom. The number of nitriles is 1. The number of hydrogen-bond acceptors (Lipinski definition) is 3. The van der Waals surface area contributed by atoms with Crippen LogP contribution in [0.2, 0.25) is 0 Å². The van der Waals surface area contributed by atoms with Crippen LogP contribution in [0.3, 0.4) is 0 Å². The lowest BCUT2D eigenvalue weighted by molar-refractivity contribution is 0.858. The van der Waals surface area contributed by atoms with Gasteiger partial charge in [0.25, 0.3) is 0 Å². The van der Waals surface area contributed by atoms with Crippen LogP contribution in [0.4, 0.5) is 5.69 Å². The van der Waals surface area contributed by atoms with Gasteiger partial charge >= 0.3 is 0 Å². The number of aromatic nitrogens is 1. The monoisotopic (exact) mass is 161 g/mol. The Hall–Kier alpha value is -1.56. The number of rotatable bonds is 1. The quantitative estimate of drug-likeness (QED) is 0.681. The molecule has 0 atom stereocenters. The summed E-state index contributed by atoms with van der Waals surface area (Å²) in [4.78, 5) is 3.93. The molecule has 0 fully saturated rings. The van der Waals surface area contributed by atoms with Crippen LogP contribution >= 0.6 is 0 Å². The zero-order valence-electron chi connectivity index (χ0n) is 7.20. The van der Waals surface area contributed by atoms with Crippen molar-refractivity contribution in [1.29, 1.82) is 5.26 Å². The molecule has 0 radical (unpaired) electrons. The maximum atomic E-state index is 8.56. The van der Waals surface area contributed by atoms with E-state index in [9.17, 15) is 0 Å². The summed E-state index contributed by atoms with van der Waals surface area (Å²) in [5.41, 5.74) is 7.41. The summed E-state index contributed by atoms with van der Waals surface area (Å²) >= 11 is 0. The molecule has 3 heteroatoms. The van der Waals surface area contributed by atoms with Crippen LogP contribution in [0.5, 0.6) is 0 Å². The molecule has 62 valence electrons. The van der Waals surface area contributed by atoms with Gasteiger partial charge < -0.3 is 5.73 Å². The maximum Gasteiger partial charge on any atom is 0.163 e. The second-order valence-electron chi connectivity index (χ2n) is 2.97. The molecular weight excluding hydrogens is 150 g/mol. The maximum absolute atomic E-state index is 8.56. The topological polar surface area (TPSA) is 62.7 Å². The van der Waals surface area contributed by atoms with E-state index in [4.69, 9.17) is 11.0 Å². The van der Waals surface area contributed by atoms with Gasteiger partial charge in [-0.05, 0) is 17.5 Å². The van der Waals surface area contributed by atoms with Crippen LogP contribution in [0.15, 0.2) is 12.3 Å². The highest BCUT2D eigenvalue weighted by Crippen LogP contribution is 2.17. The molecule has 1 rings (SSSR count). The van der Waals surface area contributed by atoms with Crippen molar-refractivity contribution in [3.8, 4) is 6.07 Å². The molecule has 0 saturated heterocycles. The van der Waals surface area contributed by atoms with Gasteiger partial charge in [-0.15, -0.1) is 0 Å². The van der Waals surface area contributed by atoms with Crippen molar-refractivity contribution in [3.63, 3.8) is 0 Å². The fraction of sp³-hybridized carbons (Fsp3) is 0.333. The first-order valence-corrected chi connectivity index (χ1v) is 3.80. The Labute approximate surface area is 71.8 Å². The highest BCUT2D eigenvalue weighted by atomic mass is 14.7. The minimum Gasteiger partial charge on any atom is -0.396 e. The molecule has 0 bridgehead atoms. The minimum atomic E-state index is 0.305. The SMILES string of the molecule is CC(C)c1cnc(C#N)c(N)c1. The van der Waals surface area contributed by atoms with E-state index in [0.717, 1.165) is 5.56 Å². The number of pyridine rings is 1. The summed E-state index contributed by atoms with van der Waals surface area (Å²) < 4.78 is 0. The minimum absolute atomic E-state index is 0.305. The number of nitrogens with two attached hydrogens (primary N) is 1. The van der Waals surface area contributed by atoms with E-state index in [1.807, 2.05) is 6.07 Å². The largest absolute Gasteiger partial charge is 0.396 e. The summed E-state index contributed by atoms with van der Waals surface area (Å²) in [6.07, 6.45) is 1.69. The van der Waals surface area contributed by atoms with E-state index in [-0.39, 0.29) is 0 Å². The van der Waals surface area contributed by atoms with Crippen molar-refractivity contribution < 1.29 is 0 Å². The van der Waals surface area contributed by atoms with E-state index in [2.05, 4.69) is 18.8 Å². The van der Waals surface area contributed by atoms with E-state index in [0.29, 0.717) is 17.3 Å². The van der Waals surface area contributed by atoms with Crippen LogP contribution in [0.25, 0.3) is 0 Å². The van der Waals surface area contributed by atoms with Crippen LogP contribution in [-0.4, -0.2) is 4.98 Å². The molecule has 0 aliphatic rings. The molecular formula is C9H11N3. The molecule has 12 heavy (non-hydrogen) atoms. The van der Waals surface area contributed by atoms with Crippen molar-refractivity contribution in [2.45, 2.75) is 19.8 Å². The highest BCUT2D eigenvalue weighted by molar-refractivity contribution is 5.51. The van der Waals surface area contributed by atoms with Crippen LogP contribution in [0.1, 0.15) is 31.0 Å². The van der Waals surface area contributed by atoms with Crippen LogP contribution < -0.4 is 5.73 Å². The number of nitrogen functional groups attached to an aromatic ring is 1. The normalized spacial score (nSPS) is 9.83. The molecule has 0 aliphatic carbocycles. The highest BCUT2D eigenvalue weighted by Gasteiger charge is 2.03. The summed E-state index contributed by atoms with van der Waals surface area (Å²) in [6.45, 7) is 4.12. The van der Waals surface area contributed by atoms with Gasteiger partial charge in [0.05, 0.1) is 5.69 Å². The number of nitrogens with zero attached hydrogens (tertiary/aromatic N) is 2. The van der Waals surface area contributed by atoms with Crippen molar-refractivity contribution >= 4 is 5.69 Å². The third-order valence-electron chi connectivity index (χ3n) is 1.71. The Morgan fingerprint density at radius 2 is 2.25 bits per heavy atom. The second-order valence-corrected chi connectivity index (χ2v) is 2.97. The molecule has 1 heterocycles. The van der Waals surface area contributed by atoms with Gasteiger partial charge in [0.1, 0.15) is 6.07 Å². The molecule has 3 nitrogen and oxygen atoms in total. The van der Waals surface area contributed by atoms with E-state index in [1.54, 1.807) is 12.3 Å². The first-order valence-electron chi connectivity index (χ1n) is 3.80. The molecule has 0 aliphatic heterocycles. The molecule has 2 N–H and O–H groups in total. The zero-order chi connectivity index (χ0) is 9.14. The molecule has 0 unspecified atom stereocenters. The van der Waals surface area contributed by atoms with E-state index >= 15 is 0 Å². The van der Waals surface area contributed by atoms with Gasteiger partial charge in [-0.3, -0.25) is 0 Å². The summed E-state index contributed by atoms with van der Waals surface area (Å²) in [6, 6.07) is 3.73. The zero-order valence-corrected chi connectivity index (χ0v) is 7.20. The van der Waals surface area contributed by atoms with Crippen LogP contribution in [-0.2, 0) is 0 Å². The molecule has 1 aromatic heterocycles. The lowest BCUT2D eigenvalue weighted by Crippen LogP contribution is -1.97. The van der Waals surface area contributed by atoms with Gasteiger partial charge in [0.2, 0.25) is 0 Å². The summed E-state index contributed by atoms with van der Waals surface area (Å²) in [5.74, 6) is 0.396. The molecule has 0 saturated carbocycles. The van der Waals surface area contributed by atoms with Gasteiger partial charge in [0, 0.05) is 6.20 Å². The Balaban J connectivity index is 3.12. The number of hydrogen-bond donors (Lipinski definition) is 1. The van der Waals surface area contributed by atoms with Crippen molar-refractivity contribution in [1.82, 2.24) is 4.98 Å². The van der Waals surface area contributed by atoms with Crippen molar-refractivity contribution in [2.75, 3.05) is 5.73 Å². The van der Waals surface area contributed by atoms with Gasteiger partial charge in [0.15, 0.2) is 5.69 Å². The fourth-order valence-electron chi connectivity index (χ4n) is 0.908. The predicted molar refractivity (Wildman–Crippen MR) is 47.5 cm³/mol. The molecule has 0 spiro atoms. The first kappa shape index (κ1) is 8.54. The summed E-state index contributed by atoms with van der Waals surface area (Å²) in [5, 5.41) is 8.56. The second kappa shape index (κ2) is 3.22. The van der Waals surface area contributed by atoms with Gasteiger partial charge in [-0.1, -0.05) is 13.8 Å². The lowest BCUT2D eigenvalue weighted by Gasteiger charge is -2.05. The Bertz CT molecular complexity index is 323. The first-order chi connectivity index (χ1) is 5.65. The van der Waals surface area contributed by atoms with Crippen molar-refractivity contribution in [3.05, 3.63) is 23.5 Å². The third-order valence-corrected chi connectivity index (χ3v) is 1.71. The molecule has 0 aromatic carbocycles. The van der Waals surface area contributed by atoms with Crippen molar-refractivity contribution in [2.24, 2.45) is 0 Å². The van der Waals surface area contributed by atoms with E-state index < -0.39 is 0 Å². The lowest BCUT2D eigenvalue weighted by atomic mass is 10.1. The smallest absolute Gasteiger partial charge is 0.163 e. The molecule has 1 aromatic rings. The third kappa shape index (κ3) is 1.54. The predicted octanol–water partition coefficient (Wildman–Crippen LogP) is 1.66.